The van der Waals surface area contributed by atoms with Crippen LogP contribution in [0.1, 0.15) is 41.0 Å². The molecule has 0 heterocycles. The van der Waals surface area contributed by atoms with E-state index in [4.69, 9.17) is 5.21 Å². The van der Waals surface area contributed by atoms with Gasteiger partial charge in [0.25, 0.3) is 0 Å². The van der Waals surface area contributed by atoms with Gasteiger partial charge in [-0.2, -0.15) is 0 Å². The van der Waals surface area contributed by atoms with Crippen molar-refractivity contribution < 1.29 is 5.21 Å². The van der Waals surface area contributed by atoms with Crippen molar-refractivity contribution in [3.63, 3.8) is 0 Å². The van der Waals surface area contributed by atoms with Gasteiger partial charge in [-0.15, -0.1) is 0 Å². The lowest BCUT2D eigenvalue weighted by molar-refractivity contribution is 0.313. The molecule has 0 aromatic carbocycles. The van der Waals surface area contributed by atoms with E-state index >= 15 is 0 Å². The summed E-state index contributed by atoms with van der Waals surface area (Å²) in [6.45, 7) is 14.0. The van der Waals surface area contributed by atoms with E-state index in [2.05, 4.69) is 38.6 Å². The molecule has 0 aliphatic carbocycles. The first-order valence-electron chi connectivity index (χ1n) is 4.81. The summed E-state index contributed by atoms with van der Waals surface area (Å²) in [4.78, 5) is 0. The molecule has 0 radical (unpaired) electrons. The van der Waals surface area contributed by atoms with Gasteiger partial charge in [-0.3, -0.25) is 0 Å². The van der Waals surface area contributed by atoms with E-state index in [9.17, 15) is 0 Å². The highest BCUT2D eigenvalue weighted by atomic mass is 16.4. The van der Waals surface area contributed by atoms with Crippen LogP contribution in [-0.4, -0.2) is 10.9 Å². The molecule has 0 saturated heterocycles. The van der Waals surface area contributed by atoms with E-state index in [1.807, 2.05) is 13.8 Å². The van der Waals surface area contributed by atoms with Crippen LogP contribution in [0.2, 0.25) is 0 Å². The van der Waals surface area contributed by atoms with Crippen molar-refractivity contribution >= 4 is 5.71 Å². The highest BCUT2D eigenvalue weighted by Crippen LogP contribution is 2.31. The SMILES string of the molecule is C=C(C)/C=C(\C)C(C)(C)C/C(C)=N/O. The second-order valence-electron chi connectivity index (χ2n) is 4.57. The fraction of sp³-hybridized carbons (Fsp3) is 0.583. The molecule has 0 bridgehead atoms. The lowest BCUT2D eigenvalue weighted by Crippen LogP contribution is -2.17. The molecule has 1 N–H and O–H groups in total. The van der Waals surface area contributed by atoms with Gasteiger partial charge in [-0.05, 0) is 32.6 Å². The Balaban J connectivity index is 4.69. The monoisotopic (exact) mass is 195 g/mol. The number of hydrogen-bond donors (Lipinski definition) is 1. The summed E-state index contributed by atoms with van der Waals surface area (Å²) in [6.07, 6.45) is 2.84. The van der Waals surface area contributed by atoms with E-state index in [1.165, 1.54) is 5.57 Å². The van der Waals surface area contributed by atoms with Crippen molar-refractivity contribution in [3.05, 3.63) is 23.8 Å². The Bertz CT molecular complexity index is 272. The molecule has 0 fully saturated rings. The summed E-state index contributed by atoms with van der Waals surface area (Å²) >= 11 is 0. The summed E-state index contributed by atoms with van der Waals surface area (Å²) in [7, 11) is 0. The smallest absolute Gasteiger partial charge is 0.0548 e. The quantitative estimate of drug-likeness (QED) is 0.315. The first kappa shape index (κ1) is 12.9. The van der Waals surface area contributed by atoms with Crippen LogP contribution in [-0.2, 0) is 0 Å². The zero-order valence-electron chi connectivity index (χ0n) is 9.89. The minimum Gasteiger partial charge on any atom is -0.411 e. The van der Waals surface area contributed by atoms with Crippen molar-refractivity contribution in [3.8, 4) is 0 Å². The molecule has 0 rings (SSSR count). The Morgan fingerprint density at radius 3 is 2.21 bits per heavy atom. The largest absolute Gasteiger partial charge is 0.411 e. The summed E-state index contributed by atoms with van der Waals surface area (Å²) in [5.74, 6) is 0. The average Bonchev–Trinajstić information content (AvgIpc) is 2.02. The molecule has 14 heavy (non-hydrogen) atoms. The second kappa shape index (κ2) is 4.99. The number of hydrogen-bond acceptors (Lipinski definition) is 2. The number of rotatable bonds is 4. The first-order valence-corrected chi connectivity index (χ1v) is 4.81. The molecule has 80 valence electrons. The molecule has 0 atom stereocenters. The van der Waals surface area contributed by atoms with Gasteiger partial charge in [0.15, 0.2) is 0 Å². The highest BCUT2D eigenvalue weighted by molar-refractivity contribution is 5.82. The van der Waals surface area contributed by atoms with Gasteiger partial charge in [0.1, 0.15) is 0 Å². The zero-order chi connectivity index (χ0) is 11.4. The van der Waals surface area contributed by atoms with Gasteiger partial charge in [-0.25, -0.2) is 0 Å². The predicted molar refractivity (Wildman–Crippen MR) is 61.9 cm³/mol. The summed E-state index contributed by atoms with van der Waals surface area (Å²) in [5, 5.41) is 11.8. The molecule has 0 spiro atoms. The molecule has 0 aromatic heterocycles. The van der Waals surface area contributed by atoms with Crippen molar-refractivity contribution in [1.82, 2.24) is 0 Å². The molecule has 0 unspecified atom stereocenters. The van der Waals surface area contributed by atoms with Crippen LogP contribution in [0.25, 0.3) is 0 Å². The third-order valence-electron chi connectivity index (χ3n) is 2.40. The molecule has 0 aliphatic heterocycles. The standard InChI is InChI=1S/C12H21NO/c1-9(2)7-10(3)12(5,6)8-11(4)13-14/h7,14H,1,8H2,2-6H3/b10-7+,13-11+. The van der Waals surface area contributed by atoms with Gasteiger partial charge in [0.2, 0.25) is 0 Å². The van der Waals surface area contributed by atoms with E-state index in [1.54, 1.807) is 0 Å². The maximum Gasteiger partial charge on any atom is 0.0548 e. The zero-order valence-corrected chi connectivity index (χ0v) is 9.89. The van der Waals surface area contributed by atoms with Gasteiger partial charge in [0.05, 0.1) is 5.71 Å². The molecular weight excluding hydrogens is 174 g/mol. The van der Waals surface area contributed by atoms with Crippen LogP contribution in [0, 0.1) is 5.41 Å². The number of nitrogens with zero attached hydrogens (tertiary/aromatic N) is 1. The lowest BCUT2D eigenvalue weighted by atomic mass is 9.80. The Labute approximate surface area is 87.0 Å². The van der Waals surface area contributed by atoms with Crippen LogP contribution in [0.15, 0.2) is 29.0 Å². The van der Waals surface area contributed by atoms with E-state index in [-0.39, 0.29) is 5.41 Å². The predicted octanol–water partition coefficient (Wildman–Crippen LogP) is 3.78. The van der Waals surface area contributed by atoms with Crippen LogP contribution < -0.4 is 0 Å². The molecule has 2 nitrogen and oxygen atoms in total. The van der Waals surface area contributed by atoms with Gasteiger partial charge < -0.3 is 5.21 Å². The van der Waals surface area contributed by atoms with Crippen LogP contribution in [0.3, 0.4) is 0 Å². The van der Waals surface area contributed by atoms with E-state index in [0.29, 0.717) is 0 Å². The van der Waals surface area contributed by atoms with Gasteiger partial charge in [0, 0.05) is 0 Å². The number of oxime groups is 1. The fourth-order valence-electron chi connectivity index (χ4n) is 1.38. The minimum atomic E-state index is 0.0231. The normalized spacial score (nSPS) is 14.4. The maximum atomic E-state index is 8.61. The molecule has 0 aromatic rings. The molecule has 0 aliphatic rings. The minimum absolute atomic E-state index is 0.0231. The number of allylic oxidation sites excluding steroid dienone is 3. The topological polar surface area (TPSA) is 32.6 Å². The molecular formula is C12H21NO. The summed E-state index contributed by atoms with van der Waals surface area (Å²) in [5.41, 5.74) is 3.08. The summed E-state index contributed by atoms with van der Waals surface area (Å²) < 4.78 is 0. The molecule has 0 saturated carbocycles. The third kappa shape index (κ3) is 4.26. The molecule has 2 heteroatoms. The average molecular weight is 195 g/mol. The highest BCUT2D eigenvalue weighted by Gasteiger charge is 2.21. The summed E-state index contributed by atoms with van der Waals surface area (Å²) in [6, 6.07) is 0. The Hall–Kier alpha value is -1.05. The van der Waals surface area contributed by atoms with Crippen molar-refractivity contribution in [1.29, 1.82) is 0 Å². The second-order valence-corrected chi connectivity index (χ2v) is 4.57. The Morgan fingerprint density at radius 1 is 1.36 bits per heavy atom. The van der Waals surface area contributed by atoms with Crippen LogP contribution in [0.5, 0.6) is 0 Å². The Morgan fingerprint density at radius 2 is 1.86 bits per heavy atom. The van der Waals surface area contributed by atoms with Crippen LogP contribution >= 0.6 is 0 Å². The van der Waals surface area contributed by atoms with Gasteiger partial charge >= 0.3 is 0 Å². The van der Waals surface area contributed by atoms with Gasteiger partial charge in [-0.1, -0.05) is 42.8 Å². The van der Waals surface area contributed by atoms with Crippen molar-refractivity contribution in [2.45, 2.75) is 41.0 Å². The maximum absolute atomic E-state index is 8.61. The lowest BCUT2D eigenvalue weighted by Gasteiger charge is -2.25. The van der Waals surface area contributed by atoms with Crippen LogP contribution in [0.4, 0.5) is 0 Å². The fourth-order valence-corrected chi connectivity index (χ4v) is 1.38. The van der Waals surface area contributed by atoms with E-state index < -0.39 is 0 Å². The van der Waals surface area contributed by atoms with Crippen molar-refractivity contribution in [2.75, 3.05) is 0 Å². The third-order valence-corrected chi connectivity index (χ3v) is 2.40. The van der Waals surface area contributed by atoms with Crippen molar-refractivity contribution in [2.24, 2.45) is 10.6 Å². The van der Waals surface area contributed by atoms with E-state index in [0.717, 1.165) is 17.7 Å². The first-order chi connectivity index (χ1) is 6.29. The Kier molecular flexibility index (Phi) is 4.61. The molecule has 0 amide bonds.